The quantitative estimate of drug-likeness (QED) is 0.790. The van der Waals surface area contributed by atoms with Crippen LogP contribution in [0, 0.1) is 0 Å². The number of amides is 1. The van der Waals surface area contributed by atoms with Crippen molar-refractivity contribution in [2.24, 2.45) is 0 Å². The number of H-pyrrole nitrogens is 1. The molecule has 1 heterocycles. The molecule has 1 aromatic heterocycles. The summed E-state index contributed by atoms with van der Waals surface area (Å²) in [7, 11) is 0. The zero-order valence-corrected chi connectivity index (χ0v) is 14.5. The number of thioether (sulfide) groups is 1. The van der Waals surface area contributed by atoms with Gasteiger partial charge in [-0.15, -0.1) is 5.10 Å². The molecular weight excluding hydrogens is 312 g/mol. The van der Waals surface area contributed by atoms with E-state index in [1.54, 1.807) is 9.47 Å². The lowest BCUT2D eigenvalue weighted by Gasteiger charge is -2.24. The molecule has 0 fully saturated rings. The van der Waals surface area contributed by atoms with Gasteiger partial charge < -0.3 is 4.90 Å². The summed E-state index contributed by atoms with van der Waals surface area (Å²) in [6.45, 7) is 6.97. The van der Waals surface area contributed by atoms with E-state index in [1.807, 2.05) is 51.1 Å². The van der Waals surface area contributed by atoms with Gasteiger partial charge in [-0.3, -0.25) is 9.36 Å². The molecule has 0 aliphatic carbocycles. The second-order valence-electron chi connectivity index (χ2n) is 5.14. The summed E-state index contributed by atoms with van der Waals surface area (Å²) in [6.07, 6.45) is 0.834. The van der Waals surface area contributed by atoms with Gasteiger partial charge in [0.2, 0.25) is 5.91 Å². The van der Waals surface area contributed by atoms with Gasteiger partial charge in [-0.25, -0.2) is 9.89 Å². The zero-order chi connectivity index (χ0) is 16.8. The molecule has 124 valence electrons. The Morgan fingerprint density at radius 1 is 1.35 bits per heavy atom. The van der Waals surface area contributed by atoms with Crippen LogP contribution in [0.25, 0.3) is 0 Å². The van der Waals surface area contributed by atoms with Crippen molar-refractivity contribution in [1.29, 1.82) is 0 Å². The predicted octanol–water partition coefficient (Wildman–Crippen LogP) is 2.52. The van der Waals surface area contributed by atoms with Gasteiger partial charge in [0.15, 0.2) is 5.16 Å². The van der Waals surface area contributed by atoms with Gasteiger partial charge in [0.25, 0.3) is 0 Å². The summed E-state index contributed by atoms with van der Waals surface area (Å²) >= 11 is 1.31. The molecule has 0 aliphatic rings. The number of nitrogens with zero attached hydrogens (tertiary/aromatic N) is 3. The molecule has 0 saturated heterocycles. The van der Waals surface area contributed by atoms with E-state index in [4.69, 9.17) is 0 Å². The van der Waals surface area contributed by atoms with Crippen molar-refractivity contribution in [2.75, 3.05) is 11.4 Å². The number of nitrogens with one attached hydrogen (secondary N) is 1. The van der Waals surface area contributed by atoms with Gasteiger partial charge in [-0.1, -0.05) is 36.9 Å². The summed E-state index contributed by atoms with van der Waals surface area (Å²) in [5, 5.41) is 6.71. The fraction of sp³-hybridized carbons (Fsp3) is 0.438. The number of para-hydroxylation sites is 1. The summed E-state index contributed by atoms with van der Waals surface area (Å²) in [5.74, 6) is 0.00203. The van der Waals surface area contributed by atoms with Crippen molar-refractivity contribution in [1.82, 2.24) is 14.8 Å². The van der Waals surface area contributed by atoms with Crippen molar-refractivity contribution in [3.8, 4) is 0 Å². The van der Waals surface area contributed by atoms with Gasteiger partial charge in [-0.2, -0.15) is 0 Å². The first-order valence-corrected chi connectivity index (χ1v) is 8.64. The maximum absolute atomic E-state index is 12.7. The molecule has 2 rings (SSSR count). The minimum absolute atomic E-state index is 0.00203. The molecule has 1 aromatic carbocycles. The van der Waals surface area contributed by atoms with Gasteiger partial charge in [0.1, 0.15) is 0 Å². The Morgan fingerprint density at radius 2 is 2.04 bits per heavy atom. The number of rotatable bonds is 7. The third-order valence-electron chi connectivity index (χ3n) is 3.45. The molecule has 7 heteroatoms. The minimum atomic E-state index is -0.332. The Hall–Kier alpha value is -2.02. The van der Waals surface area contributed by atoms with Crippen LogP contribution in [-0.2, 0) is 11.3 Å². The van der Waals surface area contributed by atoms with E-state index >= 15 is 0 Å². The average Bonchev–Trinajstić information content (AvgIpc) is 2.90. The molecular formula is C16H22N4O2S. The number of aromatic nitrogens is 3. The van der Waals surface area contributed by atoms with Crippen LogP contribution < -0.4 is 10.6 Å². The van der Waals surface area contributed by atoms with Gasteiger partial charge in [0.05, 0.1) is 5.25 Å². The zero-order valence-electron chi connectivity index (χ0n) is 13.7. The number of aromatic amines is 1. The molecule has 1 amide bonds. The second kappa shape index (κ2) is 8.01. The first kappa shape index (κ1) is 17.3. The number of carbonyl (C=O) groups is 1. The van der Waals surface area contributed by atoms with Crippen LogP contribution in [0.2, 0.25) is 0 Å². The molecule has 2 aromatic rings. The topological polar surface area (TPSA) is 71.0 Å². The highest BCUT2D eigenvalue weighted by molar-refractivity contribution is 8.00. The van der Waals surface area contributed by atoms with Crippen LogP contribution >= 0.6 is 11.8 Å². The number of carbonyl (C=O) groups excluding carboxylic acids is 1. The maximum Gasteiger partial charge on any atom is 0.343 e. The number of anilines is 1. The third kappa shape index (κ3) is 4.04. The Bertz CT molecular complexity index is 696. The predicted molar refractivity (Wildman–Crippen MR) is 92.9 cm³/mol. The van der Waals surface area contributed by atoms with E-state index in [1.165, 1.54) is 11.8 Å². The SMILES string of the molecule is CCCn1c(S[C@H](C)C(=O)N(CC)c2ccccc2)n[nH]c1=O. The average molecular weight is 334 g/mol. The lowest BCUT2D eigenvalue weighted by atomic mass is 10.2. The highest BCUT2D eigenvalue weighted by Gasteiger charge is 2.24. The van der Waals surface area contributed by atoms with Crippen LogP contribution in [0.3, 0.4) is 0 Å². The van der Waals surface area contributed by atoms with Crippen molar-refractivity contribution >= 4 is 23.4 Å². The number of hydrogen-bond acceptors (Lipinski definition) is 4. The molecule has 1 atom stereocenters. The minimum Gasteiger partial charge on any atom is -0.312 e. The molecule has 23 heavy (non-hydrogen) atoms. The third-order valence-corrected chi connectivity index (χ3v) is 4.53. The van der Waals surface area contributed by atoms with E-state index in [9.17, 15) is 9.59 Å². The van der Waals surface area contributed by atoms with Crippen LogP contribution in [0.5, 0.6) is 0 Å². The molecule has 0 bridgehead atoms. The largest absolute Gasteiger partial charge is 0.343 e. The van der Waals surface area contributed by atoms with Crippen LogP contribution in [0.1, 0.15) is 27.2 Å². The molecule has 6 nitrogen and oxygen atoms in total. The number of benzene rings is 1. The summed E-state index contributed by atoms with van der Waals surface area (Å²) < 4.78 is 1.58. The van der Waals surface area contributed by atoms with Crippen molar-refractivity contribution in [2.45, 2.75) is 44.1 Å². The standard InChI is InChI=1S/C16H22N4O2S/c1-4-11-20-15(22)17-18-16(20)23-12(3)14(21)19(5-2)13-9-7-6-8-10-13/h6-10,12H,4-5,11H2,1-3H3,(H,17,22)/t12-/m1/s1. The lowest BCUT2D eigenvalue weighted by molar-refractivity contribution is -0.117. The monoisotopic (exact) mass is 334 g/mol. The molecule has 0 spiro atoms. The molecule has 0 saturated carbocycles. The van der Waals surface area contributed by atoms with Crippen molar-refractivity contribution in [3.63, 3.8) is 0 Å². The molecule has 1 N–H and O–H groups in total. The highest BCUT2D eigenvalue weighted by atomic mass is 32.2. The van der Waals surface area contributed by atoms with E-state index < -0.39 is 0 Å². The molecule has 0 radical (unpaired) electrons. The number of hydrogen-bond donors (Lipinski definition) is 1. The Balaban J connectivity index is 2.15. The molecule has 0 unspecified atom stereocenters. The van der Waals surface area contributed by atoms with E-state index in [0.717, 1.165) is 12.1 Å². The fourth-order valence-electron chi connectivity index (χ4n) is 2.32. The van der Waals surface area contributed by atoms with Crippen LogP contribution in [0.15, 0.2) is 40.3 Å². The lowest BCUT2D eigenvalue weighted by Crippen LogP contribution is -2.36. The van der Waals surface area contributed by atoms with E-state index in [0.29, 0.717) is 18.2 Å². The Morgan fingerprint density at radius 3 is 2.65 bits per heavy atom. The normalized spacial score (nSPS) is 12.1. The van der Waals surface area contributed by atoms with Crippen molar-refractivity contribution < 1.29 is 4.79 Å². The summed E-state index contributed by atoms with van der Waals surface area (Å²) in [6, 6.07) is 9.58. The van der Waals surface area contributed by atoms with Gasteiger partial charge in [0, 0.05) is 18.8 Å². The smallest absolute Gasteiger partial charge is 0.312 e. The Kier molecular flexibility index (Phi) is 6.04. The maximum atomic E-state index is 12.7. The van der Waals surface area contributed by atoms with Crippen LogP contribution in [0.4, 0.5) is 5.69 Å². The van der Waals surface area contributed by atoms with Gasteiger partial charge in [-0.05, 0) is 32.4 Å². The highest BCUT2D eigenvalue weighted by Crippen LogP contribution is 2.24. The molecule has 0 aliphatic heterocycles. The second-order valence-corrected chi connectivity index (χ2v) is 6.45. The first-order chi connectivity index (χ1) is 11.1. The Labute approximate surface area is 139 Å². The van der Waals surface area contributed by atoms with Gasteiger partial charge >= 0.3 is 5.69 Å². The van der Waals surface area contributed by atoms with Crippen LogP contribution in [-0.4, -0.2) is 32.5 Å². The van der Waals surface area contributed by atoms with E-state index in [2.05, 4.69) is 10.2 Å². The fourth-order valence-corrected chi connectivity index (χ4v) is 3.26. The van der Waals surface area contributed by atoms with E-state index in [-0.39, 0.29) is 16.8 Å². The first-order valence-electron chi connectivity index (χ1n) is 7.76. The van der Waals surface area contributed by atoms with Crippen molar-refractivity contribution in [3.05, 3.63) is 40.8 Å². The summed E-state index contributed by atoms with van der Waals surface area (Å²) in [5.41, 5.74) is 0.643. The summed E-state index contributed by atoms with van der Waals surface area (Å²) in [4.78, 5) is 26.2.